The van der Waals surface area contributed by atoms with Gasteiger partial charge in [0.25, 0.3) is 0 Å². The van der Waals surface area contributed by atoms with Gasteiger partial charge in [-0.3, -0.25) is 4.79 Å². The van der Waals surface area contributed by atoms with Gasteiger partial charge in [-0.25, -0.2) is 0 Å². The van der Waals surface area contributed by atoms with E-state index < -0.39 is 0 Å². The zero-order valence-corrected chi connectivity index (χ0v) is 11.9. The third-order valence-electron chi connectivity index (χ3n) is 4.48. The second kappa shape index (κ2) is 6.39. The molecule has 0 spiro atoms. The summed E-state index contributed by atoms with van der Waals surface area (Å²) in [5, 5.41) is 3.41. The SMILES string of the molecule is CCC(C)N(C)C(=O)CC1(NC)CCCCC1. The molecule has 1 saturated carbocycles. The van der Waals surface area contributed by atoms with Crippen molar-refractivity contribution in [1.29, 1.82) is 0 Å². The summed E-state index contributed by atoms with van der Waals surface area (Å²) in [5.74, 6) is 0.288. The summed E-state index contributed by atoms with van der Waals surface area (Å²) in [5.41, 5.74) is 0.0665. The van der Waals surface area contributed by atoms with Crippen LogP contribution in [0.3, 0.4) is 0 Å². The molecule has 100 valence electrons. The number of carbonyl (C=O) groups excluding carboxylic acids is 1. The van der Waals surface area contributed by atoms with Crippen LogP contribution in [0.2, 0.25) is 0 Å². The van der Waals surface area contributed by atoms with Crippen molar-refractivity contribution in [3.8, 4) is 0 Å². The predicted octanol–water partition coefficient (Wildman–Crippen LogP) is 2.56. The number of nitrogens with zero attached hydrogens (tertiary/aromatic N) is 1. The smallest absolute Gasteiger partial charge is 0.224 e. The average Bonchev–Trinajstić information content (AvgIpc) is 2.37. The van der Waals surface area contributed by atoms with Gasteiger partial charge in [0, 0.05) is 25.0 Å². The Balaban J connectivity index is 2.58. The molecule has 1 fully saturated rings. The van der Waals surface area contributed by atoms with Crippen LogP contribution in [0.25, 0.3) is 0 Å². The fourth-order valence-corrected chi connectivity index (χ4v) is 2.68. The van der Waals surface area contributed by atoms with Crippen molar-refractivity contribution in [2.75, 3.05) is 14.1 Å². The van der Waals surface area contributed by atoms with Gasteiger partial charge in [0.2, 0.25) is 5.91 Å². The van der Waals surface area contributed by atoms with Gasteiger partial charge in [-0.15, -0.1) is 0 Å². The standard InChI is InChI=1S/C14H28N2O/c1-5-12(2)16(4)13(17)11-14(15-3)9-7-6-8-10-14/h12,15H,5-11H2,1-4H3. The van der Waals surface area contributed by atoms with Crippen molar-refractivity contribution >= 4 is 5.91 Å². The largest absolute Gasteiger partial charge is 0.343 e. The van der Waals surface area contributed by atoms with E-state index in [1.807, 2.05) is 19.0 Å². The number of carbonyl (C=O) groups is 1. The Bertz CT molecular complexity index is 247. The Morgan fingerprint density at radius 3 is 2.41 bits per heavy atom. The van der Waals surface area contributed by atoms with Gasteiger partial charge in [-0.1, -0.05) is 26.2 Å². The van der Waals surface area contributed by atoms with Crippen molar-refractivity contribution in [2.24, 2.45) is 0 Å². The first-order valence-electron chi connectivity index (χ1n) is 6.99. The van der Waals surface area contributed by atoms with E-state index in [-0.39, 0.29) is 11.4 Å². The van der Waals surface area contributed by atoms with Gasteiger partial charge in [-0.05, 0) is 33.2 Å². The first-order chi connectivity index (χ1) is 8.04. The molecule has 0 aromatic heterocycles. The lowest BCUT2D eigenvalue weighted by Crippen LogP contribution is -2.49. The monoisotopic (exact) mass is 240 g/mol. The number of rotatable bonds is 5. The van der Waals surface area contributed by atoms with Gasteiger partial charge in [0.15, 0.2) is 0 Å². The first kappa shape index (κ1) is 14.5. The van der Waals surface area contributed by atoms with Gasteiger partial charge in [-0.2, -0.15) is 0 Å². The third-order valence-corrected chi connectivity index (χ3v) is 4.48. The second-order valence-corrected chi connectivity index (χ2v) is 5.53. The van der Waals surface area contributed by atoms with E-state index in [0.717, 1.165) is 19.3 Å². The summed E-state index contributed by atoms with van der Waals surface area (Å²) >= 11 is 0. The lowest BCUT2D eigenvalue weighted by atomic mass is 9.79. The Hall–Kier alpha value is -0.570. The maximum absolute atomic E-state index is 12.3. The molecule has 1 unspecified atom stereocenters. The molecule has 0 aromatic carbocycles. The molecule has 1 aliphatic carbocycles. The summed E-state index contributed by atoms with van der Waals surface area (Å²) in [6, 6.07) is 0.347. The highest BCUT2D eigenvalue weighted by Gasteiger charge is 2.33. The molecule has 0 heterocycles. The number of hydrogen-bond acceptors (Lipinski definition) is 2. The molecule has 17 heavy (non-hydrogen) atoms. The molecule has 0 aliphatic heterocycles. The minimum atomic E-state index is 0.0665. The van der Waals surface area contributed by atoms with Crippen molar-refractivity contribution in [1.82, 2.24) is 10.2 Å². The molecule has 1 atom stereocenters. The van der Waals surface area contributed by atoms with Gasteiger partial charge in [0.1, 0.15) is 0 Å². The molecule has 0 radical (unpaired) electrons. The van der Waals surface area contributed by atoms with E-state index in [0.29, 0.717) is 12.5 Å². The van der Waals surface area contributed by atoms with E-state index in [2.05, 4.69) is 19.2 Å². The Kier molecular flexibility index (Phi) is 5.44. The van der Waals surface area contributed by atoms with Crippen LogP contribution in [-0.4, -0.2) is 36.5 Å². The third kappa shape index (κ3) is 3.70. The van der Waals surface area contributed by atoms with Gasteiger partial charge < -0.3 is 10.2 Å². The number of nitrogens with one attached hydrogen (secondary N) is 1. The molecular weight excluding hydrogens is 212 g/mol. The zero-order chi connectivity index (χ0) is 12.9. The molecule has 0 aromatic rings. The minimum Gasteiger partial charge on any atom is -0.343 e. The van der Waals surface area contributed by atoms with E-state index in [9.17, 15) is 4.79 Å². The van der Waals surface area contributed by atoms with Crippen LogP contribution in [-0.2, 0) is 4.79 Å². The number of amides is 1. The van der Waals surface area contributed by atoms with Crippen LogP contribution in [0, 0.1) is 0 Å². The normalized spacial score (nSPS) is 20.9. The molecule has 3 heteroatoms. The lowest BCUT2D eigenvalue weighted by molar-refractivity contribution is -0.133. The van der Waals surface area contributed by atoms with Crippen LogP contribution < -0.4 is 5.32 Å². The molecule has 1 rings (SSSR count). The van der Waals surface area contributed by atoms with Crippen molar-refractivity contribution < 1.29 is 4.79 Å². The van der Waals surface area contributed by atoms with Crippen LogP contribution in [0.15, 0.2) is 0 Å². The van der Waals surface area contributed by atoms with Crippen LogP contribution >= 0.6 is 0 Å². The Morgan fingerprint density at radius 1 is 1.35 bits per heavy atom. The molecule has 0 bridgehead atoms. The highest BCUT2D eigenvalue weighted by atomic mass is 16.2. The van der Waals surface area contributed by atoms with Crippen molar-refractivity contribution in [3.63, 3.8) is 0 Å². The van der Waals surface area contributed by atoms with E-state index in [4.69, 9.17) is 0 Å². The maximum atomic E-state index is 12.3. The second-order valence-electron chi connectivity index (χ2n) is 5.53. The average molecular weight is 240 g/mol. The molecule has 1 N–H and O–H groups in total. The molecular formula is C14H28N2O. The molecule has 1 aliphatic rings. The molecule has 0 saturated heterocycles. The zero-order valence-electron chi connectivity index (χ0n) is 11.9. The fraction of sp³-hybridized carbons (Fsp3) is 0.929. The summed E-state index contributed by atoms with van der Waals surface area (Å²) < 4.78 is 0. The minimum absolute atomic E-state index is 0.0665. The van der Waals surface area contributed by atoms with Crippen molar-refractivity contribution in [2.45, 2.75) is 70.4 Å². The van der Waals surface area contributed by atoms with E-state index in [1.54, 1.807) is 0 Å². The summed E-state index contributed by atoms with van der Waals surface area (Å²) in [7, 11) is 3.94. The summed E-state index contributed by atoms with van der Waals surface area (Å²) in [6.45, 7) is 4.24. The lowest BCUT2D eigenvalue weighted by Gasteiger charge is -2.38. The topological polar surface area (TPSA) is 32.3 Å². The van der Waals surface area contributed by atoms with Crippen molar-refractivity contribution in [3.05, 3.63) is 0 Å². The Morgan fingerprint density at radius 2 is 1.94 bits per heavy atom. The fourth-order valence-electron chi connectivity index (χ4n) is 2.68. The van der Waals surface area contributed by atoms with Crippen LogP contribution in [0.5, 0.6) is 0 Å². The molecule has 1 amide bonds. The quantitative estimate of drug-likeness (QED) is 0.801. The summed E-state index contributed by atoms with van der Waals surface area (Å²) in [6.07, 6.45) is 7.79. The predicted molar refractivity (Wildman–Crippen MR) is 72.0 cm³/mol. The summed E-state index contributed by atoms with van der Waals surface area (Å²) in [4.78, 5) is 14.2. The van der Waals surface area contributed by atoms with Crippen LogP contribution in [0.1, 0.15) is 58.8 Å². The highest BCUT2D eigenvalue weighted by Crippen LogP contribution is 2.31. The number of hydrogen-bond donors (Lipinski definition) is 1. The maximum Gasteiger partial charge on any atom is 0.224 e. The van der Waals surface area contributed by atoms with Gasteiger partial charge in [0.05, 0.1) is 0 Å². The first-order valence-corrected chi connectivity index (χ1v) is 6.99. The molecule has 3 nitrogen and oxygen atoms in total. The van der Waals surface area contributed by atoms with Crippen LogP contribution in [0.4, 0.5) is 0 Å². The van der Waals surface area contributed by atoms with E-state index >= 15 is 0 Å². The van der Waals surface area contributed by atoms with Gasteiger partial charge >= 0.3 is 0 Å². The Labute approximate surface area is 106 Å². The highest BCUT2D eigenvalue weighted by molar-refractivity contribution is 5.77. The van der Waals surface area contributed by atoms with E-state index in [1.165, 1.54) is 19.3 Å².